The zero-order chi connectivity index (χ0) is 16.4. The monoisotopic (exact) mass is 323 g/mol. The van der Waals surface area contributed by atoms with Crippen LogP contribution in [0.5, 0.6) is 0 Å². The molecule has 0 aliphatic rings. The highest BCUT2D eigenvalue weighted by Crippen LogP contribution is 2.27. The molecule has 1 aromatic heterocycles. The number of aromatic amines is 1. The van der Waals surface area contributed by atoms with Gasteiger partial charge < -0.3 is 4.98 Å². The van der Waals surface area contributed by atoms with E-state index in [4.69, 9.17) is 5.26 Å². The van der Waals surface area contributed by atoms with Crippen LogP contribution in [0.25, 0.3) is 17.0 Å². The van der Waals surface area contributed by atoms with Gasteiger partial charge in [0.15, 0.2) is 0 Å². The van der Waals surface area contributed by atoms with Gasteiger partial charge in [0.2, 0.25) is 0 Å². The van der Waals surface area contributed by atoms with E-state index in [1.54, 1.807) is 42.6 Å². The van der Waals surface area contributed by atoms with Gasteiger partial charge in [-0.15, -0.1) is 0 Å². The Morgan fingerprint density at radius 2 is 1.91 bits per heavy atom. The molecular weight excluding hydrogens is 310 g/mol. The van der Waals surface area contributed by atoms with Gasteiger partial charge in [0.25, 0.3) is 10.0 Å². The highest BCUT2D eigenvalue weighted by Gasteiger charge is 2.16. The Morgan fingerprint density at radius 1 is 1.17 bits per heavy atom. The molecule has 5 nitrogen and oxygen atoms in total. The number of hydrogen-bond acceptors (Lipinski definition) is 3. The van der Waals surface area contributed by atoms with E-state index in [9.17, 15) is 8.42 Å². The maximum atomic E-state index is 12.5. The fourth-order valence-electron chi connectivity index (χ4n) is 2.32. The molecule has 2 N–H and O–H groups in total. The van der Waals surface area contributed by atoms with Crippen molar-refractivity contribution in [2.75, 3.05) is 4.72 Å². The smallest absolute Gasteiger partial charge is 0.261 e. The zero-order valence-corrected chi connectivity index (χ0v) is 12.9. The van der Waals surface area contributed by atoms with Crippen LogP contribution >= 0.6 is 0 Å². The van der Waals surface area contributed by atoms with Crippen LogP contribution < -0.4 is 4.72 Å². The third-order valence-electron chi connectivity index (χ3n) is 3.51. The number of benzene rings is 2. The summed E-state index contributed by atoms with van der Waals surface area (Å²) in [5.41, 5.74) is 2.29. The lowest BCUT2D eigenvalue weighted by atomic mass is 10.2. The van der Waals surface area contributed by atoms with Crippen LogP contribution in [0.15, 0.2) is 60.1 Å². The molecule has 114 valence electrons. The molecular formula is C17H13N3O2S. The fraction of sp³-hybridized carbons (Fsp3) is 0. The molecule has 0 spiro atoms. The lowest BCUT2D eigenvalue weighted by Crippen LogP contribution is -2.13. The van der Waals surface area contributed by atoms with Gasteiger partial charge in [0.1, 0.15) is 6.07 Å². The number of aromatic nitrogens is 1. The number of nitrogens with one attached hydrogen (secondary N) is 2. The molecule has 3 aromatic rings. The van der Waals surface area contributed by atoms with E-state index in [2.05, 4.69) is 22.4 Å². The van der Waals surface area contributed by atoms with Crippen molar-refractivity contribution >= 4 is 32.7 Å². The van der Waals surface area contributed by atoms with Gasteiger partial charge in [-0.25, -0.2) is 8.42 Å². The quantitative estimate of drug-likeness (QED) is 0.770. The van der Waals surface area contributed by atoms with Crippen LogP contribution in [-0.4, -0.2) is 13.4 Å². The average Bonchev–Trinajstić information content (AvgIpc) is 2.99. The van der Waals surface area contributed by atoms with Crippen molar-refractivity contribution in [1.29, 1.82) is 5.26 Å². The molecule has 2 aromatic carbocycles. The SMILES string of the molecule is C=Cc1ccc(S(=O)(=O)Nc2cccc3c(C#N)c[nH]c23)cc1. The number of fused-ring (bicyclic) bond motifs is 1. The van der Waals surface area contributed by atoms with Crippen molar-refractivity contribution in [3.8, 4) is 6.07 Å². The average molecular weight is 323 g/mol. The standard InChI is InChI=1S/C17H13N3O2S/c1-2-12-6-8-14(9-7-12)23(21,22)20-16-5-3-4-15-13(10-18)11-19-17(15)16/h2-9,11,19-20H,1H2. The Morgan fingerprint density at radius 3 is 2.57 bits per heavy atom. The van der Waals surface area contributed by atoms with Crippen molar-refractivity contribution < 1.29 is 8.42 Å². The molecule has 0 bridgehead atoms. The first-order chi connectivity index (χ1) is 11.0. The molecule has 0 saturated heterocycles. The Kier molecular flexibility index (Phi) is 3.64. The van der Waals surface area contributed by atoms with E-state index in [1.807, 2.05) is 0 Å². The predicted molar refractivity (Wildman–Crippen MR) is 90.4 cm³/mol. The third kappa shape index (κ3) is 2.70. The number of H-pyrrole nitrogens is 1. The molecule has 0 radical (unpaired) electrons. The van der Waals surface area contributed by atoms with Gasteiger partial charge in [-0.05, 0) is 23.8 Å². The summed E-state index contributed by atoms with van der Waals surface area (Å²) in [6.07, 6.45) is 3.20. The maximum Gasteiger partial charge on any atom is 0.261 e. The number of rotatable bonds is 4. The number of sulfonamides is 1. The second kappa shape index (κ2) is 5.63. The molecule has 0 fully saturated rings. The van der Waals surface area contributed by atoms with E-state index >= 15 is 0 Å². The van der Waals surface area contributed by atoms with Crippen molar-refractivity contribution in [2.45, 2.75) is 4.90 Å². The minimum atomic E-state index is -3.71. The van der Waals surface area contributed by atoms with Crippen molar-refractivity contribution in [3.05, 3.63) is 66.4 Å². The summed E-state index contributed by atoms with van der Waals surface area (Å²) < 4.78 is 27.6. The van der Waals surface area contributed by atoms with E-state index < -0.39 is 10.0 Å². The fourth-order valence-corrected chi connectivity index (χ4v) is 3.39. The number of para-hydroxylation sites is 1. The van der Waals surface area contributed by atoms with Gasteiger partial charge in [0.05, 0.1) is 21.7 Å². The van der Waals surface area contributed by atoms with Gasteiger partial charge in [-0.1, -0.05) is 36.9 Å². The summed E-state index contributed by atoms with van der Waals surface area (Å²) in [5.74, 6) is 0. The highest BCUT2D eigenvalue weighted by molar-refractivity contribution is 7.92. The Labute approximate surface area is 133 Å². The highest BCUT2D eigenvalue weighted by atomic mass is 32.2. The van der Waals surface area contributed by atoms with Crippen molar-refractivity contribution in [2.24, 2.45) is 0 Å². The number of anilines is 1. The third-order valence-corrected chi connectivity index (χ3v) is 4.89. The van der Waals surface area contributed by atoms with Gasteiger partial charge in [-0.2, -0.15) is 5.26 Å². The summed E-state index contributed by atoms with van der Waals surface area (Å²) >= 11 is 0. The van der Waals surface area contributed by atoms with Crippen LogP contribution in [0, 0.1) is 11.3 Å². The minimum Gasteiger partial charge on any atom is -0.358 e. The lowest BCUT2D eigenvalue weighted by Gasteiger charge is -2.09. The molecule has 0 saturated carbocycles. The minimum absolute atomic E-state index is 0.159. The van der Waals surface area contributed by atoms with Crippen LogP contribution in [0.4, 0.5) is 5.69 Å². The molecule has 3 rings (SSSR count). The first-order valence-electron chi connectivity index (χ1n) is 6.80. The molecule has 23 heavy (non-hydrogen) atoms. The largest absolute Gasteiger partial charge is 0.358 e. The van der Waals surface area contributed by atoms with Crippen molar-refractivity contribution in [3.63, 3.8) is 0 Å². The Bertz CT molecular complexity index is 1030. The molecule has 0 unspecified atom stereocenters. The van der Waals surface area contributed by atoms with E-state index in [0.29, 0.717) is 22.2 Å². The van der Waals surface area contributed by atoms with Crippen molar-refractivity contribution in [1.82, 2.24) is 4.98 Å². The first kappa shape index (κ1) is 14.9. The molecule has 0 atom stereocenters. The number of nitriles is 1. The first-order valence-corrected chi connectivity index (χ1v) is 8.29. The molecule has 0 aliphatic heterocycles. The number of hydrogen-bond donors (Lipinski definition) is 2. The van der Waals surface area contributed by atoms with Crippen LogP contribution in [-0.2, 0) is 10.0 Å². The predicted octanol–water partition coefficient (Wildman–Crippen LogP) is 3.48. The summed E-state index contributed by atoms with van der Waals surface area (Å²) in [6, 6.07) is 13.6. The van der Waals surface area contributed by atoms with Crippen LogP contribution in [0.1, 0.15) is 11.1 Å². The second-order valence-corrected chi connectivity index (χ2v) is 6.60. The molecule has 1 heterocycles. The summed E-state index contributed by atoms with van der Waals surface area (Å²) in [7, 11) is -3.71. The Hall–Kier alpha value is -3.04. The van der Waals surface area contributed by atoms with E-state index in [-0.39, 0.29) is 4.90 Å². The van der Waals surface area contributed by atoms with E-state index in [0.717, 1.165) is 5.56 Å². The normalized spacial score (nSPS) is 11.1. The summed E-state index contributed by atoms with van der Waals surface area (Å²) in [5, 5.41) is 9.73. The zero-order valence-electron chi connectivity index (χ0n) is 12.1. The summed E-state index contributed by atoms with van der Waals surface area (Å²) in [4.78, 5) is 3.10. The number of nitrogens with zero attached hydrogens (tertiary/aromatic N) is 1. The lowest BCUT2D eigenvalue weighted by molar-refractivity contribution is 0.601. The molecule has 0 amide bonds. The van der Waals surface area contributed by atoms with E-state index in [1.165, 1.54) is 12.1 Å². The van der Waals surface area contributed by atoms with Gasteiger partial charge in [0, 0.05) is 11.6 Å². The molecule has 6 heteroatoms. The molecule has 0 aliphatic carbocycles. The van der Waals surface area contributed by atoms with Gasteiger partial charge in [-0.3, -0.25) is 4.72 Å². The summed E-state index contributed by atoms with van der Waals surface area (Å²) in [6.45, 7) is 3.64. The second-order valence-electron chi connectivity index (χ2n) is 4.92. The van der Waals surface area contributed by atoms with Crippen LogP contribution in [0.2, 0.25) is 0 Å². The maximum absolute atomic E-state index is 12.5. The Balaban J connectivity index is 2.02. The topological polar surface area (TPSA) is 85.8 Å². The van der Waals surface area contributed by atoms with Crippen LogP contribution in [0.3, 0.4) is 0 Å². The van der Waals surface area contributed by atoms with Gasteiger partial charge >= 0.3 is 0 Å².